The van der Waals surface area contributed by atoms with Crippen LogP contribution >= 0.6 is 0 Å². The molecule has 0 atom stereocenters. The van der Waals surface area contributed by atoms with Crippen LogP contribution in [0.25, 0.3) is 11.8 Å². The largest absolute Gasteiger partial charge is 0.381 e. The molecule has 0 radical (unpaired) electrons. The van der Waals surface area contributed by atoms with Crippen LogP contribution in [0.3, 0.4) is 0 Å². The summed E-state index contributed by atoms with van der Waals surface area (Å²) in [4.78, 5) is -1.33. The third kappa shape index (κ3) is 6.03. The highest BCUT2D eigenvalue weighted by atomic mass is 32.2. The maximum absolute atomic E-state index is 11.9. The number of hydrogen-bond acceptors (Lipinski definition) is 5. The van der Waals surface area contributed by atoms with Gasteiger partial charge in [-0.1, -0.05) is 49.6 Å². The Balaban J connectivity index is 3.62. The molecule has 0 aliphatic heterocycles. The number of allylic oxidation sites excluding steroid dienone is 4. The first-order chi connectivity index (χ1) is 13.0. The van der Waals surface area contributed by atoms with Crippen molar-refractivity contribution in [2.75, 3.05) is 6.54 Å². The Labute approximate surface area is 166 Å². The van der Waals surface area contributed by atoms with E-state index in [1.165, 1.54) is 6.08 Å². The number of rotatable bonds is 9. The monoisotopic (exact) mass is 425 g/mol. The quantitative estimate of drug-likeness (QED) is 0.409. The molecule has 0 amide bonds. The normalized spacial score (nSPS) is 13.6. The van der Waals surface area contributed by atoms with Gasteiger partial charge in [0, 0.05) is 17.8 Å². The van der Waals surface area contributed by atoms with E-state index in [0.717, 1.165) is 11.6 Å². The van der Waals surface area contributed by atoms with E-state index in [-0.39, 0.29) is 11.1 Å². The van der Waals surface area contributed by atoms with E-state index in [0.29, 0.717) is 18.3 Å². The predicted molar refractivity (Wildman–Crippen MR) is 111 cm³/mol. The fourth-order valence-corrected chi connectivity index (χ4v) is 3.77. The summed E-state index contributed by atoms with van der Waals surface area (Å²) >= 11 is 0. The summed E-state index contributed by atoms with van der Waals surface area (Å²) in [5.41, 5.74) is 1.35. The molecular weight excluding hydrogens is 402 g/mol. The van der Waals surface area contributed by atoms with Crippen LogP contribution in [0.1, 0.15) is 25.0 Å². The van der Waals surface area contributed by atoms with Gasteiger partial charge in [0.05, 0.1) is 4.90 Å². The lowest BCUT2D eigenvalue weighted by Gasteiger charge is -2.18. The van der Waals surface area contributed by atoms with Gasteiger partial charge in [0.15, 0.2) is 0 Å². The first-order valence-electron chi connectivity index (χ1n) is 8.09. The molecule has 1 aromatic carbocycles. The van der Waals surface area contributed by atoms with Crippen LogP contribution in [0.5, 0.6) is 0 Å². The van der Waals surface area contributed by atoms with Crippen LogP contribution in [0, 0.1) is 0 Å². The average molecular weight is 426 g/mol. The summed E-state index contributed by atoms with van der Waals surface area (Å²) in [5.74, 6) is 0. The third-order valence-electron chi connectivity index (χ3n) is 3.76. The summed E-state index contributed by atoms with van der Waals surface area (Å²) in [6.07, 6.45) is 9.83. The highest BCUT2D eigenvalue weighted by molar-refractivity contribution is 7.86. The van der Waals surface area contributed by atoms with Gasteiger partial charge in [0.1, 0.15) is 4.90 Å². The second-order valence-electron chi connectivity index (χ2n) is 5.55. The van der Waals surface area contributed by atoms with Gasteiger partial charge in [-0.15, -0.1) is 0 Å². The molecule has 9 heteroatoms. The van der Waals surface area contributed by atoms with Crippen LogP contribution in [0.15, 0.2) is 71.0 Å². The van der Waals surface area contributed by atoms with Crippen molar-refractivity contribution in [1.82, 2.24) is 5.32 Å². The lowest BCUT2D eigenvalue weighted by molar-refractivity contribution is 0.480. The molecule has 0 aliphatic carbocycles. The van der Waals surface area contributed by atoms with Crippen molar-refractivity contribution in [3.63, 3.8) is 0 Å². The maximum atomic E-state index is 11.9. The predicted octanol–water partition coefficient (Wildman–Crippen LogP) is 3.46. The van der Waals surface area contributed by atoms with Crippen molar-refractivity contribution >= 4 is 32.0 Å². The van der Waals surface area contributed by atoms with Gasteiger partial charge in [-0.25, -0.2) is 0 Å². The minimum atomic E-state index is -4.81. The summed E-state index contributed by atoms with van der Waals surface area (Å²) < 4.78 is 65.7. The zero-order valence-corrected chi connectivity index (χ0v) is 17.2. The molecule has 0 bridgehead atoms. The Morgan fingerprint density at radius 3 is 2.14 bits per heavy atom. The Bertz CT molecular complexity index is 1060. The van der Waals surface area contributed by atoms with E-state index >= 15 is 0 Å². The van der Waals surface area contributed by atoms with Crippen molar-refractivity contribution in [2.45, 2.75) is 23.6 Å². The molecule has 0 spiro atoms. The molecule has 3 N–H and O–H groups in total. The second-order valence-corrected chi connectivity index (χ2v) is 8.37. The summed E-state index contributed by atoms with van der Waals surface area (Å²) in [7, 11) is -9.51. The van der Waals surface area contributed by atoms with Gasteiger partial charge < -0.3 is 5.32 Å². The van der Waals surface area contributed by atoms with E-state index in [1.807, 2.05) is 19.1 Å². The highest BCUT2D eigenvalue weighted by Crippen LogP contribution is 2.30. The Morgan fingerprint density at radius 1 is 1.07 bits per heavy atom. The van der Waals surface area contributed by atoms with Crippen molar-refractivity contribution in [3.05, 3.63) is 72.4 Å². The first kappa shape index (κ1) is 23.6. The molecule has 28 heavy (non-hydrogen) atoms. The minimum absolute atomic E-state index is 0.0375. The summed E-state index contributed by atoms with van der Waals surface area (Å²) in [6.45, 7) is 11.0. The molecule has 0 heterocycles. The summed E-state index contributed by atoms with van der Waals surface area (Å²) in [5, 5.41) is 3.06. The fraction of sp³-hybridized carbons (Fsp3) is 0.158. The van der Waals surface area contributed by atoms with Crippen LogP contribution < -0.4 is 5.32 Å². The van der Waals surface area contributed by atoms with E-state index in [9.17, 15) is 25.9 Å². The highest BCUT2D eigenvalue weighted by Gasteiger charge is 2.25. The molecule has 7 nitrogen and oxygen atoms in total. The van der Waals surface area contributed by atoms with Gasteiger partial charge in [-0.3, -0.25) is 9.11 Å². The average Bonchev–Trinajstić information content (AvgIpc) is 2.62. The van der Waals surface area contributed by atoms with Gasteiger partial charge >= 0.3 is 0 Å². The van der Waals surface area contributed by atoms with E-state index in [1.54, 1.807) is 25.2 Å². The molecule has 1 aromatic rings. The van der Waals surface area contributed by atoms with Crippen LogP contribution in [0.2, 0.25) is 0 Å². The number of hydrogen-bond donors (Lipinski definition) is 3. The third-order valence-corrected chi connectivity index (χ3v) is 5.47. The van der Waals surface area contributed by atoms with Crippen molar-refractivity contribution in [3.8, 4) is 0 Å². The number of benzene rings is 1. The topological polar surface area (TPSA) is 121 Å². The molecule has 0 saturated carbocycles. The van der Waals surface area contributed by atoms with E-state index in [2.05, 4.69) is 18.5 Å². The SMILES string of the molecule is C=C/C=C\C(=C/C)CN/C(=C/C)c1c(C=C)cc(S(=O)(=O)O)cc1S(=O)(=O)O. The smallest absolute Gasteiger partial charge is 0.295 e. The molecule has 0 aliphatic rings. The van der Waals surface area contributed by atoms with Gasteiger partial charge in [0.2, 0.25) is 0 Å². The second kappa shape index (κ2) is 9.65. The number of nitrogens with one attached hydrogen (secondary N) is 1. The Morgan fingerprint density at radius 2 is 1.71 bits per heavy atom. The van der Waals surface area contributed by atoms with Crippen molar-refractivity contribution < 1.29 is 25.9 Å². The molecule has 0 aromatic heterocycles. The van der Waals surface area contributed by atoms with E-state index < -0.39 is 30.0 Å². The Hall–Kier alpha value is -2.46. The molecule has 1 rings (SSSR count). The Kier molecular flexibility index (Phi) is 8.13. The summed E-state index contributed by atoms with van der Waals surface area (Å²) in [6, 6.07) is 1.78. The molecule has 0 saturated heterocycles. The maximum Gasteiger partial charge on any atom is 0.295 e. The van der Waals surface area contributed by atoms with Crippen LogP contribution in [0.4, 0.5) is 0 Å². The fourth-order valence-electron chi connectivity index (χ4n) is 2.39. The van der Waals surface area contributed by atoms with Gasteiger partial charge in [-0.2, -0.15) is 16.8 Å². The van der Waals surface area contributed by atoms with Gasteiger partial charge in [0.25, 0.3) is 20.2 Å². The molecular formula is C19H23NO6S2. The first-order valence-corrected chi connectivity index (χ1v) is 11.0. The van der Waals surface area contributed by atoms with E-state index in [4.69, 9.17) is 0 Å². The van der Waals surface area contributed by atoms with Crippen molar-refractivity contribution in [2.24, 2.45) is 0 Å². The zero-order chi connectivity index (χ0) is 21.5. The molecule has 0 fully saturated rings. The zero-order valence-electron chi connectivity index (χ0n) is 15.6. The van der Waals surface area contributed by atoms with Crippen LogP contribution in [-0.2, 0) is 20.2 Å². The lowest BCUT2D eigenvalue weighted by Crippen LogP contribution is -2.18. The molecule has 0 unspecified atom stereocenters. The van der Waals surface area contributed by atoms with Gasteiger partial charge in [-0.05, 0) is 37.1 Å². The standard InChI is InChI=1S/C19H23NO6S2/c1-5-9-10-14(6-2)13-20-17(8-4)19-15(7-3)11-16(27(21,22)23)12-18(19)28(24,25)26/h5-12,20H,1,3,13H2,2,4H3,(H,21,22,23)(H,24,25,26)/b10-9-,14-6+,17-8+. The molecule has 152 valence electrons. The van der Waals surface area contributed by atoms with Crippen molar-refractivity contribution in [1.29, 1.82) is 0 Å². The lowest BCUT2D eigenvalue weighted by atomic mass is 10.0. The van der Waals surface area contributed by atoms with Crippen LogP contribution in [-0.4, -0.2) is 32.5 Å². The minimum Gasteiger partial charge on any atom is -0.381 e.